The second-order valence-electron chi connectivity index (χ2n) is 5.90. The van der Waals surface area contributed by atoms with Gasteiger partial charge in [-0.05, 0) is 19.4 Å². The molecule has 10 nitrogen and oxygen atoms in total. The van der Waals surface area contributed by atoms with Crippen LogP contribution in [-0.4, -0.2) is 27.1 Å². The van der Waals surface area contributed by atoms with Crippen LogP contribution in [-0.2, 0) is 16.9 Å². The van der Waals surface area contributed by atoms with Gasteiger partial charge >= 0.3 is 6.09 Å². The molecule has 0 spiro atoms. The summed E-state index contributed by atoms with van der Waals surface area (Å²) >= 11 is 0. The Hall–Kier alpha value is -3.40. The zero-order chi connectivity index (χ0) is 19.3. The third-order valence-corrected chi connectivity index (χ3v) is 3.46. The van der Waals surface area contributed by atoms with Crippen LogP contribution in [0.1, 0.15) is 35.7 Å². The van der Waals surface area contributed by atoms with Crippen LogP contribution >= 0.6 is 0 Å². The molecule has 6 N–H and O–H groups in total. The fourth-order valence-electron chi connectivity index (χ4n) is 2.06. The number of aromatic hydroxyl groups is 1. The van der Waals surface area contributed by atoms with Gasteiger partial charge < -0.3 is 20.1 Å². The molecule has 0 fully saturated rings. The standard InChI is InChI=1S/C16H19N5O5/c1-16(2,20-15(25)26-8-9-6-4-3-5-7-9)14-18-10(12(23)21-17)11(22)13(24)19-14/h3-7,22H,8,17H2,1-2H3,(H,20,25)(H,21,23)(H,18,19,24). The molecule has 10 heteroatoms. The summed E-state index contributed by atoms with van der Waals surface area (Å²) in [5.41, 5.74) is -0.119. The molecular weight excluding hydrogens is 342 g/mol. The number of nitrogens with two attached hydrogens (primary N) is 1. The van der Waals surface area contributed by atoms with Gasteiger partial charge in [0, 0.05) is 0 Å². The van der Waals surface area contributed by atoms with Crippen molar-refractivity contribution in [1.29, 1.82) is 0 Å². The maximum Gasteiger partial charge on any atom is 0.408 e. The summed E-state index contributed by atoms with van der Waals surface area (Å²) in [5, 5.41) is 12.2. The number of aromatic amines is 1. The van der Waals surface area contributed by atoms with Crippen LogP contribution < -0.4 is 22.1 Å². The average Bonchev–Trinajstić information content (AvgIpc) is 2.62. The van der Waals surface area contributed by atoms with Crippen LogP contribution in [0.15, 0.2) is 35.1 Å². The number of H-pyrrole nitrogens is 1. The SMILES string of the molecule is CC(C)(NC(=O)OCc1ccccc1)c1nc(C(=O)NN)c(O)c(=O)[nH]1. The molecule has 0 aliphatic carbocycles. The molecule has 138 valence electrons. The Labute approximate surface area is 148 Å². The smallest absolute Gasteiger partial charge is 0.408 e. The van der Waals surface area contributed by atoms with Crippen molar-refractivity contribution in [1.82, 2.24) is 20.7 Å². The average molecular weight is 361 g/mol. The minimum absolute atomic E-state index is 0.0586. The quantitative estimate of drug-likeness (QED) is 0.290. The highest BCUT2D eigenvalue weighted by molar-refractivity contribution is 5.94. The number of hydrogen-bond donors (Lipinski definition) is 5. The molecule has 1 heterocycles. The normalized spacial score (nSPS) is 10.9. The lowest BCUT2D eigenvalue weighted by molar-refractivity contribution is 0.0944. The predicted octanol–water partition coefficient (Wildman–Crippen LogP) is 0.240. The third-order valence-electron chi connectivity index (χ3n) is 3.46. The van der Waals surface area contributed by atoms with E-state index >= 15 is 0 Å². The van der Waals surface area contributed by atoms with E-state index in [9.17, 15) is 19.5 Å². The van der Waals surface area contributed by atoms with Gasteiger partial charge in [0.25, 0.3) is 11.5 Å². The lowest BCUT2D eigenvalue weighted by atomic mass is 10.0. The number of alkyl carbamates (subject to hydrolysis) is 1. The summed E-state index contributed by atoms with van der Waals surface area (Å²) in [7, 11) is 0. The molecule has 2 aromatic rings. The minimum atomic E-state index is -1.20. The molecule has 0 aliphatic rings. The Kier molecular flexibility index (Phi) is 5.58. The molecule has 2 amide bonds. The molecule has 0 bridgehead atoms. The lowest BCUT2D eigenvalue weighted by Gasteiger charge is -2.25. The van der Waals surface area contributed by atoms with E-state index in [0.29, 0.717) is 0 Å². The summed E-state index contributed by atoms with van der Waals surface area (Å²) in [6.45, 7) is 3.13. The third kappa shape index (κ3) is 4.36. The molecule has 26 heavy (non-hydrogen) atoms. The molecule has 0 unspecified atom stereocenters. The highest BCUT2D eigenvalue weighted by Crippen LogP contribution is 2.18. The molecule has 0 radical (unpaired) electrons. The van der Waals surface area contributed by atoms with Crippen LogP contribution in [0.3, 0.4) is 0 Å². The van der Waals surface area contributed by atoms with Gasteiger partial charge in [-0.3, -0.25) is 15.0 Å². The number of nitrogens with zero attached hydrogens (tertiary/aromatic N) is 1. The molecule has 0 aliphatic heterocycles. The molecule has 1 aromatic carbocycles. The fourth-order valence-corrected chi connectivity index (χ4v) is 2.06. The monoisotopic (exact) mass is 361 g/mol. The molecule has 0 atom stereocenters. The molecule has 0 saturated carbocycles. The Morgan fingerprint density at radius 3 is 2.58 bits per heavy atom. The number of hydrazine groups is 1. The Morgan fingerprint density at radius 1 is 1.31 bits per heavy atom. The summed E-state index contributed by atoms with van der Waals surface area (Å²) in [4.78, 5) is 41.7. The van der Waals surface area contributed by atoms with Gasteiger partial charge in [-0.1, -0.05) is 30.3 Å². The van der Waals surface area contributed by atoms with Crippen molar-refractivity contribution >= 4 is 12.0 Å². The first-order valence-electron chi connectivity index (χ1n) is 7.58. The zero-order valence-corrected chi connectivity index (χ0v) is 14.2. The van der Waals surface area contributed by atoms with E-state index in [1.54, 1.807) is 17.6 Å². The maximum atomic E-state index is 12.0. The van der Waals surface area contributed by atoms with Crippen molar-refractivity contribution in [2.24, 2.45) is 5.84 Å². The van der Waals surface area contributed by atoms with E-state index < -0.39 is 34.5 Å². The van der Waals surface area contributed by atoms with E-state index in [4.69, 9.17) is 10.6 Å². The van der Waals surface area contributed by atoms with Gasteiger partial charge in [0.2, 0.25) is 5.75 Å². The molecular formula is C16H19N5O5. The number of nitrogens with one attached hydrogen (secondary N) is 3. The number of hydrogen-bond acceptors (Lipinski definition) is 7. The topological polar surface area (TPSA) is 159 Å². The number of aromatic nitrogens is 2. The van der Waals surface area contributed by atoms with Crippen LogP contribution in [0.5, 0.6) is 5.75 Å². The van der Waals surface area contributed by atoms with Crippen molar-refractivity contribution in [3.8, 4) is 5.75 Å². The largest absolute Gasteiger partial charge is 0.501 e. The summed E-state index contributed by atoms with van der Waals surface area (Å²) in [5.74, 6) is 3.12. The Balaban J connectivity index is 2.16. The van der Waals surface area contributed by atoms with E-state index in [1.165, 1.54) is 13.8 Å². The second kappa shape index (κ2) is 7.66. The number of amides is 2. The van der Waals surface area contributed by atoms with Crippen molar-refractivity contribution in [3.63, 3.8) is 0 Å². The first-order chi connectivity index (χ1) is 12.2. The number of nitrogen functional groups attached to an aromatic ring is 1. The van der Waals surface area contributed by atoms with Gasteiger partial charge in [-0.25, -0.2) is 15.6 Å². The molecule has 0 saturated heterocycles. The predicted molar refractivity (Wildman–Crippen MR) is 91.0 cm³/mol. The van der Waals surface area contributed by atoms with Crippen LogP contribution in [0.2, 0.25) is 0 Å². The maximum absolute atomic E-state index is 12.0. The minimum Gasteiger partial charge on any atom is -0.501 e. The summed E-state index contributed by atoms with van der Waals surface area (Å²) in [6.07, 6.45) is -0.751. The Morgan fingerprint density at radius 2 is 1.96 bits per heavy atom. The van der Waals surface area contributed by atoms with Gasteiger partial charge in [0.1, 0.15) is 12.4 Å². The van der Waals surface area contributed by atoms with Crippen LogP contribution in [0.4, 0.5) is 4.79 Å². The molecule has 1 aromatic heterocycles. The van der Waals surface area contributed by atoms with Crippen LogP contribution in [0.25, 0.3) is 0 Å². The molecule has 2 rings (SSSR count). The van der Waals surface area contributed by atoms with E-state index in [2.05, 4.69) is 15.3 Å². The lowest BCUT2D eigenvalue weighted by Crippen LogP contribution is -2.44. The van der Waals surface area contributed by atoms with E-state index in [-0.39, 0.29) is 12.4 Å². The van der Waals surface area contributed by atoms with Crippen molar-refractivity contribution in [2.75, 3.05) is 0 Å². The van der Waals surface area contributed by atoms with E-state index in [1.807, 2.05) is 18.2 Å². The van der Waals surface area contributed by atoms with Gasteiger partial charge in [0.15, 0.2) is 5.69 Å². The summed E-state index contributed by atoms with van der Waals surface area (Å²) in [6, 6.07) is 9.07. The highest BCUT2D eigenvalue weighted by atomic mass is 16.5. The van der Waals surface area contributed by atoms with Crippen molar-refractivity contribution in [3.05, 3.63) is 57.8 Å². The first kappa shape index (κ1) is 18.9. The highest BCUT2D eigenvalue weighted by Gasteiger charge is 2.29. The zero-order valence-electron chi connectivity index (χ0n) is 14.2. The summed E-state index contributed by atoms with van der Waals surface area (Å²) < 4.78 is 5.12. The number of carbonyl (C=O) groups excluding carboxylic acids is 2. The first-order valence-corrected chi connectivity index (χ1v) is 7.58. The van der Waals surface area contributed by atoms with Gasteiger partial charge in [0.05, 0.1) is 5.54 Å². The number of ether oxygens (including phenoxy) is 1. The van der Waals surface area contributed by atoms with Gasteiger partial charge in [-0.2, -0.15) is 0 Å². The van der Waals surface area contributed by atoms with Crippen LogP contribution in [0, 0.1) is 0 Å². The second-order valence-corrected chi connectivity index (χ2v) is 5.90. The van der Waals surface area contributed by atoms with Crippen molar-refractivity contribution < 1.29 is 19.4 Å². The van der Waals surface area contributed by atoms with Crippen molar-refractivity contribution in [2.45, 2.75) is 26.0 Å². The fraction of sp³-hybridized carbons (Fsp3) is 0.250. The van der Waals surface area contributed by atoms with E-state index in [0.717, 1.165) is 5.56 Å². The Bertz CT molecular complexity index is 863. The van der Waals surface area contributed by atoms with Gasteiger partial charge in [-0.15, -0.1) is 0 Å². The number of rotatable bonds is 5. The number of carbonyl (C=O) groups is 2. The number of benzene rings is 1.